The number of halogens is 3. The van der Waals surface area contributed by atoms with Crippen LogP contribution in [0, 0.1) is 0 Å². The maximum absolute atomic E-state index is 12.2. The summed E-state index contributed by atoms with van der Waals surface area (Å²) in [7, 11) is 1.76. The summed E-state index contributed by atoms with van der Waals surface area (Å²) < 4.78 is 0. The molecule has 8 aromatic rings. The molecule has 22 heteroatoms. The van der Waals surface area contributed by atoms with E-state index in [1.54, 1.807) is 36.5 Å². The fraction of sp³-hybridized carbons (Fsp3) is 0.302. The number of piperidine rings is 2. The molecule has 4 aromatic heterocycles. The number of aromatic amines is 2. The van der Waals surface area contributed by atoms with Gasteiger partial charge in [0.25, 0.3) is 0 Å². The van der Waals surface area contributed by atoms with E-state index < -0.39 is 11.8 Å². The van der Waals surface area contributed by atoms with Crippen molar-refractivity contribution in [2.24, 2.45) is 11.5 Å². The van der Waals surface area contributed by atoms with Crippen molar-refractivity contribution in [3.63, 3.8) is 0 Å². The Kier molecular flexibility index (Phi) is 23.4. The smallest absolute Gasteiger partial charge is 0.248 e. The Morgan fingerprint density at radius 3 is 1.47 bits per heavy atom. The fourth-order valence-electron chi connectivity index (χ4n) is 9.92. The van der Waals surface area contributed by atoms with Crippen LogP contribution in [0.3, 0.4) is 0 Å². The van der Waals surface area contributed by atoms with Crippen molar-refractivity contribution in [2.45, 2.75) is 70.6 Å². The summed E-state index contributed by atoms with van der Waals surface area (Å²) in [5.74, 6) is -0.0763. The first-order valence-corrected chi connectivity index (χ1v) is 29.6. The second kappa shape index (κ2) is 31.6. The standard InChI is InChI=1S/C31H35ClN8O2.C30H33ClN6O.C2H4ClNO/c1-39(20-28(33)41)14-4-7-29(42)36-22-10-8-21(9-11-22)19-40-15-12-23(13-16-40)37-31-35-18-26(32)30(38-31)25-17-34-27-6-3-2-5-24(25)27;1-2-3-4-9-28(38)34-22-12-10-21(11-13-22)20-37-16-14-23(15-17-37)35-30-33-19-26(31)29(36-30)25-18-32-27-8-6-5-7-24(25)27;3-1-2(4)5/h2-11,17-18,23,34H,12-16,19-20H2,1H3,(H2,33,41)(H,36,42)(H,35,37,38);4-13,18-19,23,32H,2-3,14-17,20H2,1H3,(H,34,38)(H,33,35,36);1H2,(H2,4,5)/b7-4+;9-4+;. The molecule has 2 aliphatic rings. The molecular formula is C63H72Cl3N15O4. The number of nitrogens with zero attached hydrogens (tertiary/aromatic N) is 7. The number of hydrogen-bond acceptors (Lipinski definition) is 13. The highest BCUT2D eigenvalue weighted by Gasteiger charge is 2.23. The molecule has 0 spiro atoms. The average molecular weight is 1210 g/mol. The molecule has 4 aromatic carbocycles. The lowest BCUT2D eigenvalue weighted by Gasteiger charge is -2.32. The predicted octanol–water partition coefficient (Wildman–Crippen LogP) is 10.6. The van der Waals surface area contributed by atoms with Crippen LogP contribution in [0.5, 0.6) is 0 Å². The summed E-state index contributed by atoms with van der Waals surface area (Å²) in [4.78, 5) is 76.2. The highest BCUT2D eigenvalue weighted by molar-refractivity contribution is 6.33. The first-order valence-electron chi connectivity index (χ1n) is 28.3. The maximum Gasteiger partial charge on any atom is 0.248 e. The number of allylic oxidation sites excluding steroid dienone is 1. The van der Waals surface area contributed by atoms with Crippen LogP contribution in [-0.4, -0.2) is 133 Å². The van der Waals surface area contributed by atoms with Crippen molar-refractivity contribution in [3.05, 3.63) is 167 Å². The minimum absolute atomic E-state index is 0.0833. The molecule has 0 radical (unpaired) electrons. The molecule has 0 saturated carbocycles. The summed E-state index contributed by atoms with van der Waals surface area (Å²) in [6.07, 6.45) is 19.8. The molecule has 10 N–H and O–H groups in total. The number of benzene rings is 4. The van der Waals surface area contributed by atoms with Crippen LogP contribution in [0.1, 0.15) is 56.6 Å². The highest BCUT2D eigenvalue weighted by atomic mass is 35.5. The van der Waals surface area contributed by atoms with E-state index in [9.17, 15) is 19.2 Å². The molecule has 4 amide bonds. The lowest BCUT2D eigenvalue weighted by molar-refractivity contribution is -0.119. The van der Waals surface area contributed by atoms with Crippen LogP contribution in [0.15, 0.2) is 146 Å². The summed E-state index contributed by atoms with van der Waals surface area (Å²) in [5, 5.41) is 16.0. The summed E-state index contributed by atoms with van der Waals surface area (Å²) in [6.45, 7) is 8.31. The number of fused-ring (bicyclic) bond motifs is 2. The number of anilines is 4. The monoisotopic (exact) mass is 1210 g/mol. The number of likely N-dealkylation sites (N-methyl/N-ethyl adjacent to an activating group) is 1. The Labute approximate surface area is 510 Å². The fourth-order valence-corrected chi connectivity index (χ4v) is 10.3. The van der Waals surface area contributed by atoms with Crippen molar-refractivity contribution in [2.75, 3.05) is 73.5 Å². The van der Waals surface area contributed by atoms with Crippen molar-refractivity contribution >= 4 is 104 Å². The minimum Gasteiger partial charge on any atom is -0.369 e. The molecule has 0 unspecified atom stereocenters. The molecule has 10 rings (SSSR count). The Hall–Kier alpha value is -8.17. The number of amides is 4. The third kappa shape index (κ3) is 19.2. The number of hydrogen-bond donors (Lipinski definition) is 8. The second-order valence-corrected chi connectivity index (χ2v) is 22.0. The molecule has 0 bridgehead atoms. The van der Waals surface area contributed by atoms with Gasteiger partial charge in [-0.2, -0.15) is 0 Å². The Morgan fingerprint density at radius 2 is 1.06 bits per heavy atom. The summed E-state index contributed by atoms with van der Waals surface area (Å²) >= 11 is 17.8. The first-order chi connectivity index (χ1) is 41.2. The summed E-state index contributed by atoms with van der Waals surface area (Å²) in [6, 6.07) is 32.8. The van der Waals surface area contributed by atoms with Gasteiger partial charge in [-0.25, -0.2) is 19.9 Å². The molecule has 85 heavy (non-hydrogen) atoms. The number of likely N-dealkylation sites (tertiary alicyclic amines) is 2. The van der Waals surface area contributed by atoms with Gasteiger partial charge in [0.15, 0.2) is 0 Å². The number of nitrogens with one attached hydrogen (secondary N) is 6. The Bertz CT molecular complexity index is 3560. The van der Waals surface area contributed by atoms with Crippen LogP contribution in [0.25, 0.3) is 44.3 Å². The van der Waals surface area contributed by atoms with Crippen LogP contribution >= 0.6 is 34.8 Å². The molecule has 2 fully saturated rings. The zero-order valence-electron chi connectivity index (χ0n) is 47.7. The van der Waals surface area contributed by atoms with Crippen molar-refractivity contribution in [1.29, 1.82) is 0 Å². The van der Waals surface area contributed by atoms with E-state index in [0.717, 1.165) is 128 Å². The number of aromatic nitrogens is 6. The number of rotatable bonds is 21. The maximum atomic E-state index is 12.2. The second-order valence-electron chi connectivity index (χ2n) is 20.9. The number of primary amides is 2. The molecule has 2 saturated heterocycles. The topological polar surface area (TPSA) is 261 Å². The normalized spacial score (nSPS) is 14.2. The van der Waals surface area contributed by atoms with Crippen molar-refractivity contribution < 1.29 is 19.2 Å². The number of alkyl halides is 1. The number of carbonyl (C=O) groups excluding carboxylic acids is 4. The van der Waals surface area contributed by atoms with Crippen LogP contribution < -0.4 is 32.7 Å². The molecule has 0 aliphatic carbocycles. The van der Waals surface area contributed by atoms with Gasteiger partial charge in [0.1, 0.15) is 5.88 Å². The van der Waals surface area contributed by atoms with Crippen LogP contribution in [0.2, 0.25) is 10.0 Å². The van der Waals surface area contributed by atoms with E-state index in [0.29, 0.717) is 40.2 Å². The zero-order valence-corrected chi connectivity index (χ0v) is 49.9. The van der Waals surface area contributed by atoms with Gasteiger partial charge in [0.05, 0.1) is 40.4 Å². The van der Waals surface area contributed by atoms with Gasteiger partial charge in [0, 0.05) is 121 Å². The average Bonchev–Trinajstić information content (AvgIpc) is 3.23. The Balaban J connectivity index is 0.000000206. The lowest BCUT2D eigenvalue weighted by atomic mass is 10.0. The van der Waals surface area contributed by atoms with Gasteiger partial charge in [-0.15, -0.1) is 11.6 Å². The number of nitrogens with two attached hydrogens (primary N) is 2. The van der Waals surface area contributed by atoms with E-state index in [-0.39, 0.29) is 30.3 Å². The predicted molar refractivity (Wildman–Crippen MR) is 342 cm³/mol. The molecule has 444 valence electrons. The van der Waals surface area contributed by atoms with Crippen LogP contribution in [0.4, 0.5) is 23.3 Å². The minimum atomic E-state index is -0.480. The first kappa shape index (κ1) is 62.9. The Morgan fingerprint density at radius 1 is 0.635 bits per heavy atom. The highest BCUT2D eigenvalue weighted by Crippen LogP contribution is 2.34. The van der Waals surface area contributed by atoms with Crippen molar-refractivity contribution in [3.8, 4) is 22.5 Å². The summed E-state index contributed by atoms with van der Waals surface area (Å²) in [5.41, 5.74) is 19.1. The molecule has 0 atom stereocenters. The van der Waals surface area contributed by atoms with Gasteiger partial charge in [-0.3, -0.25) is 33.9 Å². The van der Waals surface area contributed by atoms with Gasteiger partial charge in [0.2, 0.25) is 35.5 Å². The van der Waals surface area contributed by atoms with E-state index >= 15 is 0 Å². The molecule has 19 nitrogen and oxygen atoms in total. The SMILES string of the molecule is CCC/C=C/C(=O)Nc1ccc(CN2CCC(Nc3ncc(Cl)c(-c4c[nH]c5ccccc45)n3)CC2)cc1.CN(C/C=C/C(=O)Nc1ccc(CN2CCC(Nc3ncc(Cl)c(-c4c[nH]c5ccccc45)n3)CC2)cc1)CC(N)=O.NC(=O)CCl. The molecule has 2 aliphatic heterocycles. The zero-order chi connectivity index (χ0) is 60.1. The van der Waals surface area contributed by atoms with Crippen molar-refractivity contribution in [1.82, 2.24) is 44.6 Å². The van der Waals surface area contributed by atoms with Gasteiger partial charge < -0.3 is 42.7 Å². The number of H-pyrrole nitrogens is 2. The lowest BCUT2D eigenvalue weighted by Crippen LogP contribution is -2.39. The number of para-hydroxylation sites is 2. The molecular weight excluding hydrogens is 1140 g/mol. The van der Waals surface area contributed by atoms with E-state index in [2.05, 4.69) is 87.9 Å². The van der Waals surface area contributed by atoms with E-state index in [1.807, 2.05) is 91.3 Å². The third-order valence-corrected chi connectivity index (χ3v) is 15.1. The van der Waals surface area contributed by atoms with Gasteiger partial charge in [-0.05, 0) is 92.8 Å². The largest absolute Gasteiger partial charge is 0.369 e. The van der Waals surface area contributed by atoms with E-state index in [4.69, 9.17) is 50.5 Å². The number of carbonyl (C=O) groups is 4. The van der Waals surface area contributed by atoms with E-state index in [1.165, 1.54) is 17.2 Å². The van der Waals surface area contributed by atoms with Gasteiger partial charge in [-0.1, -0.05) is 109 Å². The quantitative estimate of drug-likeness (QED) is 0.0246. The van der Waals surface area contributed by atoms with Crippen LogP contribution in [-0.2, 0) is 32.3 Å². The van der Waals surface area contributed by atoms with Gasteiger partial charge >= 0.3 is 0 Å². The number of unbranched alkanes of at least 4 members (excludes halogenated alkanes) is 1. The molecule has 6 heterocycles. The third-order valence-electron chi connectivity index (χ3n) is 14.2.